The number of nitro benzene ring substituents is 1. The van der Waals surface area contributed by atoms with E-state index in [1.54, 1.807) is 54.6 Å². The molecule has 0 fully saturated rings. The van der Waals surface area contributed by atoms with Crippen LogP contribution in [0.5, 0.6) is 0 Å². The first-order chi connectivity index (χ1) is 23.4. The zero-order valence-corrected chi connectivity index (χ0v) is 28.9. The van der Waals surface area contributed by atoms with Crippen molar-refractivity contribution in [2.24, 2.45) is 5.41 Å². The van der Waals surface area contributed by atoms with Crippen molar-refractivity contribution in [1.82, 2.24) is 9.13 Å². The van der Waals surface area contributed by atoms with E-state index in [0.717, 1.165) is 5.56 Å². The summed E-state index contributed by atoms with van der Waals surface area (Å²) in [6, 6.07) is 29.9. The molecule has 0 N–H and O–H groups in total. The molecule has 0 saturated carbocycles. The van der Waals surface area contributed by atoms with Crippen molar-refractivity contribution in [2.45, 2.75) is 39.2 Å². The molecule has 49 heavy (non-hydrogen) atoms. The minimum atomic E-state index is -1.05. The summed E-state index contributed by atoms with van der Waals surface area (Å²) in [7, 11) is 0. The molecule has 246 valence electrons. The molecule has 4 aromatic carbocycles. The molecule has 0 saturated heterocycles. The summed E-state index contributed by atoms with van der Waals surface area (Å²) < 4.78 is 3.39. The van der Waals surface area contributed by atoms with E-state index in [2.05, 4.69) is 0 Å². The van der Waals surface area contributed by atoms with Gasteiger partial charge in [0.25, 0.3) is 11.2 Å². The van der Waals surface area contributed by atoms with Gasteiger partial charge in [0.15, 0.2) is 10.6 Å². The maximum absolute atomic E-state index is 15.2. The van der Waals surface area contributed by atoms with Gasteiger partial charge in [-0.2, -0.15) is 0 Å². The highest BCUT2D eigenvalue weighted by atomic mass is 35.5. The number of anilines is 1. The third-order valence-electron chi connectivity index (χ3n) is 9.12. The fourth-order valence-corrected chi connectivity index (χ4v) is 7.69. The predicted octanol–water partition coefficient (Wildman–Crippen LogP) is 9.37. The molecule has 1 aliphatic carbocycles. The second kappa shape index (κ2) is 12.6. The number of halogens is 2. The summed E-state index contributed by atoms with van der Waals surface area (Å²) in [6.07, 6.45) is 0.713. The Hall–Kier alpha value is -4.83. The summed E-state index contributed by atoms with van der Waals surface area (Å²) in [5.41, 5.74) is 2.48. The maximum atomic E-state index is 15.2. The molecule has 0 spiro atoms. The summed E-state index contributed by atoms with van der Waals surface area (Å²) >= 11 is 18.8. The number of Topliss-reactive ketones (excluding diaryl/α,β-unsaturated/α-hetero) is 1. The number of hydrogen-bond acceptors (Lipinski definition) is 6. The molecule has 1 aromatic heterocycles. The first-order valence-electron chi connectivity index (χ1n) is 15.7. The number of nitrogens with zero attached hydrogens (tertiary/aromatic N) is 4. The number of hydrogen-bond donors (Lipinski definition) is 0. The van der Waals surface area contributed by atoms with Crippen molar-refractivity contribution in [1.29, 1.82) is 0 Å². The molecule has 1 aliphatic heterocycles. The second-order valence-electron chi connectivity index (χ2n) is 13.1. The smallest absolute Gasteiger partial charge is 0.273 e. The number of para-hydroxylation sites is 1. The Bertz CT molecular complexity index is 2300. The largest absolute Gasteiger partial charge is 0.326 e. The van der Waals surface area contributed by atoms with Crippen LogP contribution in [0.3, 0.4) is 0 Å². The van der Waals surface area contributed by atoms with Crippen molar-refractivity contribution in [3.05, 3.63) is 166 Å². The molecule has 8 nitrogen and oxygen atoms in total. The van der Waals surface area contributed by atoms with Crippen molar-refractivity contribution in [3.8, 4) is 11.4 Å². The van der Waals surface area contributed by atoms with Crippen LogP contribution in [0.1, 0.15) is 49.3 Å². The van der Waals surface area contributed by atoms with E-state index in [-0.39, 0.29) is 33.8 Å². The Kier molecular flexibility index (Phi) is 8.39. The number of aromatic nitrogens is 2. The molecule has 5 aromatic rings. The maximum Gasteiger partial charge on any atom is 0.273 e. The second-order valence-corrected chi connectivity index (χ2v) is 14.3. The summed E-state index contributed by atoms with van der Waals surface area (Å²) in [4.78, 5) is 43.8. The summed E-state index contributed by atoms with van der Waals surface area (Å²) in [5, 5.41) is 13.6. The average molecular weight is 710 g/mol. The van der Waals surface area contributed by atoms with Gasteiger partial charge in [0.05, 0.1) is 22.1 Å². The van der Waals surface area contributed by atoms with E-state index in [4.69, 9.17) is 35.4 Å². The van der Waals surface area contributed by atoms with E-state index in [0.29, 0.717) is 51.5 Å². The van der Waals surface area contributed by atoms with Crippen LogP contribution in [0, 0.1) is 20.3 Å². The van der Waals surface area contributed by atoms with Gasteiger partial charge in [-0.3, -0.25) is 28.8 Å². The molecule has 0 bridgehead atoms. The number of allylic oxidation sites excluding steroid dienone is 2. The fourth-order valence-electron chi connectivity index (χ4n) is 7.06. The van der Waals surface area contributed by atoms with Gasteiger partial charge < -0.3 is 4.90 Å². The van der Waals surface area contributed by atoms with E-state index in [1.165, 1.54) is 10.6 Å². The van der Waals surface area contributed by atoms with Gasteiger partial charge in [0.1, 0.15) is 5.82 Å². The number of carbonyl (C=O) groups excluding carboxylic acids is 1. The highest BCUT2D eigenvalue weighted by Crippen LogP contribution is 2.53. The first kappa shape index (κ1) is 32.7. The van der Waals surface area contributed by atoms with E-state index < -0.39 is 21.8 Å². The number of nitro groups is 1. The quantitative estimate of drug-likeness (QED) is 0.0992. The Balaban J connectivity index is 1.69. The Labute approximate surface area is 297 Å². The number of fused-ring (bicyclic) bond motifs is 1. The summed E-state index contributed by atoms with van der Waals surface area (Å²) in [6.45, 7) is 4.39. The predicted molar refractivity (Wildman–Crippen MR) is 195 cm³/mol. The third kappa shape index (κ3) is 5.82. The fraction of sp³-hybridized carbons (Fsp3) is 0.184. The van der Waals surface area contributed by atoms with Crippen LogP contribution in [0.4, 0.5) is 11.5 Å². The average Bonchev–Trinajstić information content (AvgIpc) is 3.07. The molecule has 0 amide bonds. The van der Waals surface area contributed by atoms with Gasteiger partial charge in [-0.15, -0.1) is 0 Å². The van der Waals surface area contributed by atoms with E-state index >= 15 is 4.79 Å². The van der Waals surface area contributed by atoms with Crippen molar-refractivity contribution in [2.75, 3.05) is 4.90 Å². The van der Waals surface area contributed by atoms with Gasteiger partial charge >= 0.3 is 0 Å². The van der Waals surface area contributed by atoms with Crippen LogP contribution in [0.15, 0.2) is 119 Å². The van der Waals surface area contributed by atoms with Gasteiger partial charge in [0, 0.05) is 51.6 Å². The topological polar surface area (TPSA) is 90.4 Å². The van der Waals surface area contributed by atoms with Crippen LogP contribution >= 0.6 is 35.4 Å². The Morgan fingerprint density at radius 1 is 0.816 bits per heavy atom. The zero-order chi connectivity index (χ0) is 34.6. The molecule has 2 aliphatic rings. The lowest BCUT2D eigenvalue weighted by Gasteiger charge is -2.45. The number of carbonyl (C=O) groups is 1. The molecular weight excluding hydrogens is 679 g/mol. The van der Waals surface area contributed by atoms with Crippen molar-refractivity contribution in [3.63, 3.8) is 0 Å². The van der Waals surface area contributed by atoms with Crippen LogP contribution in [0.2, 0.25) is 10.0 Å². The molecule has 1 unspecified atom stereocenters. The molecule has 11 heteroatoms. The Morgan fingerprint density at radius 3 is 2.00 bits per heavy atom. The van der Waals surface area contributed by atoms with Crippen molar-refractivity contribution >= 4 is 52.7 Å². The normalized spacial score (nSPS) is 16.7. The molecular formula is C38H30Cl2N4O4S. The van der Waals surface area contributed by atoms with Gasteiger partial charge in [-0.25, -0.2) is 0 Å². The number of rotatable bonds is 6. The first-order valence-corrected chi connectivity index (χ1v) is 16.9. The standard InChI is InChI=1S/C38H30Cl2N4O4S/c1-38(2)20-30-33(31(45)21-38)32(28-10-6-7-11-29(28)44(47)48)34-35(41(30)22-23-8-4-3-5-9-23)42(26-16-12-24(39)13-17-26)37(49)43(36(34)46)27-18-14-25(40)15-19-27/h3-19,32H,20-22H2,1-2H3. The minimum Gasteiger partial charge on any atom is -0.326 e. The van der Waals surface area contributed by atoms with Crippen LogP contribution in [-0.4, -0.2) is 19.8 Å². The highest BCUT2D eigenvalue weighted by Gasteiger charge is 2.47. The lowest BCUT2D eigenvalue weighted by Crippen LogP contribution is -2.44. The lowest BCUT2D eigenvalue weighted by molar-refractivity contribution is -0.385. The molecule has 7 rings (SSSR count). The number of ketones is 1. The third-order valence-corrected chi connectivity index (χ3v) is 9.99. The van der Waals surface area contributed by atoms with Crippen LogP contribution in [0.25, 0.3) is 11.4 Å². The molecule has 1 atom stereocenters. The van der Waals surface area contributed by atoms with Crippen LogP contribution in [-0.2, 0) is 11.3 Å². The van der Waals surface area contributed by atoms with Crippen molar-refractivity contribution < 1.29 is 9.72 Å². The minimum absolute atomic E-state index is 0.156. The van der Waals surface area contributed by atoms with Crippen LogP contribution < -0.4 is 10.5 Å². The monoisotopic (exact) mass is 708 g/mol. The highest BCUT2D eigenvalue weighted by molar-refractivity contribution is 7.71. The van der Waals surface area contributed by atoms with E-state index in [1.807, 2.05) is 65.8 Å². The van der Waals surface area contributed by atoms with Gasteiger partial charge in [0.2, 0.25) is 0 Å². The number of benzene rings is 4. The van der Waals surface area contributed by atoms with Gasteiger partial charge in [-0.1, -0.05) is 85.6 Å². The Morgan fingerprint density at radius 2 is 1.39 bits per heavy atom. The van der Waals surface area contributed by atoms with E-state index in [9.17, 15) is 14.9 Å². The SMILES string of the molecule is CC1(C)CC(=O)C2=C(C1)N(Cc1ccccc1)c1c(c(=O)n(-c3ccc(Cl)cc3)c(=S)n1-c1ccc(Cl)cc1)C2c1ccccc1[N+](=O)[O-]. The lowest BCUT2D eigenvalue weighted by atomic mass is 9.68. The van der Waals surface area contributed by atoms with Gasteiger partial charge in [-0.05, 0) is 78.1 Å². The summed E-state index contributed by atoms with van der Waals surface area (Å²) in [5.74, 6) is -0.766. The molecule has 0 radical (unpaired) electrons. The zero-order valence-electron chi connectivity index (χ0n) is 26.6. The molecule has 2 heterocycles.